The Hall–Kier alpha value is -8.75. The van der Waals surface area contributed by atoms with Crippen molar-refractivity contribution in [2.24, 2.45) is 0 Å². The lowest BCUT2D eigenvalue weighted by Gasteiger charge is -2.11. The van der Waals surface area contributed by atoms with Crippen LogP contribution in [-0.2, 0) is 24.7 Å². The highest BCUT2D eigenvalue weighted by atomic mass is 32.1. The third-order valence-corrected chi connectivity index (χ3v) is 9.88. The van der Waals surface area contributed by atoms with Gasteiger partial charge in [-0.1, -0.05) is 21.7 Å². The van der Waals surface area contributed by atoms with Crippen molar-refractivity contribution < 1.29 is 80.9 Å². The second-order valence-electron chi connectivity index (χ2n) is 13.7. The van der Waals surface area contributed by atoms with E-state index in [-0.39, 0.29) is 22.0 Å². The number of halogens is 12. The van der Waals surface area contributed by atoms with Crippen molar-refractivity contribution in [1.82, 2.24) is 45.4 Å². The lowest BCUT2D eigenvalue weighted by atomic mass is 10.1. The van der Waals surface area contributed by atoms with E-state index in [1.54, 1.807) is 13.8 Å². The first-order valence-corrected chi connectivity index (χ1v) is 21.2. The van der Waals surface area contributed by atoms with Crippen LogP contribution in [0.1, 0.15) is 74.3 Å². The Morgan fingerprint density at radius 1 is 0.500 bits per heavy atom. The van der Waals surface area contributed by atoms with Crippen LogP contribution in [0.25, 0.3) is 0 Å². The fraction of sp³-hybridized carbons (Fsp3) is 0.146. The number of rotatable bonds is 8. The molecule has 0 aromatic carbocycles. The van der Waals surface area contributed by atoms with Gasteiger partial charge in [-0.05, 0) is 38.1 Å². The van der Waals surface area contributed by atoms with Crippen LogP contribution >= 0.6 is 22.7 Å². The van der Waals surface area contributed by atoms with E-state index in [1.807, 2.05) is 0 Å². The molecule has 74 heavy (non-hydrogen) atoms. The predicted molar refractivity (Wildman–Crippen MR) is 233 cm³/mol. The zero-order valence-corrected chi connectivity index (χ0v) is 38.3. The summed E-state index contributed by atoms with van der Waals surface area (Å²) in [5, 5.41) is 23.0. The molecule has 8 aromatic heterocycles. The second kappa shape index (κ2) is 24.1. The molecule has 0 aliphatic carbocycles. The number of carbonyl (C=O) groups excluding carboxylic acids is 4. The lowest BCUT2D eigenvalue weighted by molar-refractivity contribution is -0.138. The summed E-state index contributed by atoms with van der Waals surface area (Å²) in [6, 6.07) is 5.68. The third kappa shape index (κ3) is 16.1. The van der Waals surface area contributed by atoms with Crippen LogP contribution in [0.2, 0.25) is 0 Å². The predicted octanol–water partition coefficient (Wildman–Crippen LogP) is 10.3. The Kier molecular flexibility index (Phi) is 18.3. The minimum Gasteiger partial charge on any atom is -0.338 e. The average molecular weight is 1090 g/mol. The molecule has 0 saturated heterocycles. The number of hydrogen-bond acceptors (Lipinski definition) is 17. The fourth-order valence-electron chi connectivity index (χ4n) is 5.32. The first-order valence-electron chi connectivity index (χ1n) is 19.5. The zero-order chi connectivity index (χ0) is 54.4. The summed E-state index contributed by atoms with van der Waals surface area (Å²) in [5.74, 6) is -3.80. The van der Waals surface area contributed by atoms with Crippen molar-refractivity contribution in [2.75, 3.05) is 21.3 Å². The molecule has 0 unspecified atom stereocenters. The number of aryl methyl sites for hydroxylation is 2. The molecule has 0 atom stereocenters. The highest BCUT2D eigenvalue weighted by Crippen LogP contribution is 2.35. The number of aromatic nitrogens is 9. The van der Waals surface area contributed by atoms with Gasteiger partial charge in [0.2, 0.25) is 16.9 Å². The Bertz CT molecular complexity index is 2950. The van der Waals surface area contributed by atoms with Gasteiger partial charge in [-0.25, -0.2) is 4.98 Å². The standard InChI is InChI=1S/C11H8F3N3O2.C11H8F3N3OS.C10H6F3N3O2.C9H5F3N4OS/c1-6-4-9(19-17-6)16-10(18)7-5-15-3-2-8(7)11(12,13)14;1-6-4-16-10(19-6)17-9(18)7-5-15-3-2-8(7)11(12,13)14;11-10(12,13)7-1-3-14-5-6(7)9(17)16-8-2-4-15-18-8;10-9(11,12)6-1-2-13-3-5(6)7(17)15-8-16-14-4-18-8/h2-5H,1H3,(H,16,18);2-5H,1H3,(H,16,17,18);1-5H,(H,16,17);1-4H,(H,15,16,17). The summed E-state index contributed by atoms with van der Waals surface area (Å²) in [6.07, 6.45) is -8.36. The first kappa shape index (κ1) is 56.2. The summed E-state index contributed by atoms with van der Waals surface area (Å²) < 4.78 is 161. The number of hydrogen-bond donors (Lipinski definition) is 4. The van der Waals surface area contributed by atoms with Gasteiger partial charge >= 0.3 is 24.7 Å². The molecule has 8 aromatic rings. The lowest BCUT2D eigenvalue weighted by Crippen LogP contribution is -2.19. The number of nitrogens with zero attached hydrogens (tertiary/aromatic N) is 9. The van der Waals surface area contributed by atoms with E-state index >= 15 is 0 Å². The molecule has 4 amide bonds. The third-order valence-electron chi connectivity index (χ3n) is 8.45. The van der Waals surface area contributed by atoms with Crippen LogP contribution in [0.3, 0.4) is 0 Å². The van der Waals surface area contributed by atoms with Gasteiger partial charge in [0.1, 0.15) is 5.51 Å². The highest BCUT2D eigenvalue weighted by Gasteiger charge is 2.38. The maximum atomic E-state index is 12.7. The molecule has 8 heterocycles. The van der Waals surface area contributed by atoms with Crippen molar-refractivity contribution >= 4 is 68.3 Å². The van der Waals surface area contributed by atoms with Crippen molar-refractivity contribution in [2.45, 2.75) is 38.6 Å². The maximum absolute atomic E-state index is 12.7. The van der Waals surface area contributed by atoms with Crippen LogP contribution in [0.15, 0.2) is 113 Å². The van der Waals surface area contributed by atoms with E-state index in [2.05, 4.69) is 71.2 Å². The van der Waals surface area contributed by atoms with Crippen molar-refractivity contribution in [3.63, 3.8) is 0 Å². The maximum Gasteiger partial charge on any atom is 0.417 e. The average Bonchev–Trinajstić information content (AvgIpc) is 4.20. The fourth-order valence-corrected chi connectivity index (χ4v) is 6.42. The van der Waals surface area contributed by atoms with Gasteiger partial charge in [0.05, 0.1) is 56.4 Å². The molecular formula is C41H27F12N13O6S2. The number of pyridine rings is 4. The SMILES string of the molecule is Cc1cc(NC(=O)c2cnccc2C(F)(F)F)on1.Cc1cnc(NC(=O)c2cnccc2C(F)(F)F)s1.O=C(Nc1ccno1)c1cnccc1C(F)(F)F.O=C(Nc1nncs1)c1cnccc1C(F)(F)F. The van der Waals surface area contributed by atoms with Crippen LogP contribution < -0.4 is 21.3 Å². The highest BCUT2D eigenvalue weighted by molar-refractivity contribution is 7.15. The van der Waals surface area contributed by atoms with Crippen LogP contribution in [0.4, 0.5) is 74.7 Å². The Balaban J connectivity index is 0.000000183. The molecule has 0 aliphatic rings. The van der Waals surface area contributed by atoms with Gasteiger partial charge in [-0.3, -0.25) is 60.4 Å². The molecule has 0 bridgehead atoms. The number of carbonyl (C=O) groups is 4. The van der Waals surface area contributed by atoms with Gasteiger partial charge in [0.15, 0.2) is 5.13 Å². The smallest absolute Gasteiger partial charge is 0.338 e. The molecular weight excluding hydrogens is 1060 g/mol. The second-order valence-corrected chi connectivity index (χ2v) is 15.8. The summed E-state index contributed by atoms with van der Waals surface area (Å²) in [4.78, 5) is 65.7. The molecule has 19 nitrogen and oxygen atoms in total. The van der Waals surface area contributed by atoms with Crippen molar-refractivity contribution in [3.05, 3.63) is 159 Å². The van der Waals surface area contributed by atoms with E-state index in [9.17, 15) is 71.9 Å². The monoisotopic (exact) mass is 1090 g/mol. The number of anilines is 4. The number of alkyl halides is 12. The summed E-state index contributed by atoms with van der Waals surface area (Å²) in [6.45, 7) is 3.39. The quantitative estimate of drug-likeness (QED) is 0.103. The van der Waals surface area contributed by atoms with Crippen LogP contribution in [0, 0.1) is 13.8 Å². The molecule has 0 aliphatic heterocycles. The first-order chi connectivity index (χ1) is 34.7. The summed E-state index contributed by atoms with van der Waals surface area (Å²) >= 11 is 2.18. The van der Waals surface area contributed by atoms with E-state index < -0.39 is 92.8 Å². The topological polar surface area (TPSA) is 259 Å². The zero-order valence-electron chi connectivity index (χ0n) is 36.6. The molecule has 388 valence electrons. The van der Waals surface area contributed by atoms with Gasteiger partial charge in [-0.2, -0.15) is 52.7 Å². The molecule has 0 fully saturated rings. The number of amides is 4. The molecule has 33 heteroatoms. The minimum atomic E-state index is -4.63. The Labute approximate surface area is 412 Å². The van der Waals surface area contributed by atoms with E-state index in [1.165, 1.54) is 41.4 Å². The molecule has 0 radical (unpaired) electrons. The summed E-state index contributed by atoms with van der Waals surface area (Å²) in [5.41, 5.74) is -4.58. The van der Waals surface area contributed by atoms with Crippen LogP contribution in [-0.4, -0.2) is 69.1 Å². The van der Waals surface area contributed by atoms with E-state index in [0.717, 1.165) is 90.1 Å². The number of nitrogens with one attached hydrogen (secondary N) is 4. The molecule has 4 N–H and O–H groups in total. The minimum absolute atomic E-state index is 0.0283. The summed E-state index contributed by atoms with van der Waals surface area (Å²) in [7, 11) is 0. The Morgan fingerprint density at radius 3 is 1.23 bits per heavy atom. The molecule has 8 rings (SSSR count). The van der Waals surface area contributed by atoms with Crippen molar-refractivity contribution in [3.8, 4) is 0 Å². The normalized spacial score (nSPS) is 11.3. The van der Waals surface area contributed by atoms with Gasteiger partial charge < -0.3 is 9.05 Å². The molecule has 0 spiro atoms. The van der Waals surface area contributed by atoms with Crippen molar-refractivity contribution in [1.29, 1.82) is 0 Å². The van der Waals surface area contributed by atoms with Gasteiger partial charge in [0, 0.05) is 72.8 Å². The van der Waals surface area contributed by atoms with E-state index in [4.69, 9.17) is 4.52 Å². The van der Waals surface area contributed by atoms with Gasteiger partial charge in [-0.15, -0.1) is 21.5 Å². The largest absolute Gasteiger partial charge is 0.417 e. The van der Waals surface area contributed by atoms with Crippen LogP contribution in [0.5, 0.6) is 0 Å². The van der Waals surface area contributed by atoms with Gasteiger partial charge in [0.25, 0.3) is 23.6 Å². The van der Waals surface area contributed by atoms with E-state index in [0.29, 0.717) is 5.69 Å². The number of thiazole rings is 1. The molecule has 0 saturated carbocycles. The Morgan fingerprint density at radius 2 is 0.905 bits per heavy atom.